The van der Waals surface area contributed by atoms with Crippen LogP contribution >= 0.6 is 0 Å². The van der Waals surface area contributed by atoms with Gasteiger partial charge in [-0.2, -0.15) is 0 Å². The summed E-state index contributed by atoms with van der Waals surface area (Å²) < 4.78 is 18.7. The molecule has 1 amide bonds. The number of nitrogens with zero attached hydrogens (tertiary/aromatic N) is 3. The maximum atomic E-state index is 13.1. The van der Waals surface area contributed by atoms with Crippen molar-refractivity contribution in [2.75, 3.05) is 19.7 Å². The van der Waals surface area contributed by atoms with Crippen LogP contribution in [0, 0.1) is 22.9 Å². The van der Waals surface area contributed by atoms with Gasteiger partial charge in [0.15, 0.2) is 6.61 Å². The van der Waals surface area contributed by atoms with Crippen LogP contribution in [-0.4, -0.2) is 52.4 Å². The SMILES string of the molecule is Cc1cc(OCC(=O)N2C[C@@H](C)N(Cc3ccc(F)cc3)C[C@@H]2C)ccc1[N+](=O)[O-]. The Balaban J connectivity index is 1.56. The van der Waals surface area contributed by atoms with Crippen molar-refractivity contribution in [3.8, 4) is 5.75 Å². The second kappa shape index (κ2) is 9.21. The molecular formula is C22H26FN3O4. The molecule has 0 bridgehead atoms. The molecule has 8 heteroatoms. The number of carbonyl (C=O) groups excluding carboxylic acids is 1. The van der Waals surface area contributed by atoms with Crippen molar-refractivity contribution in [2.45, 2.75) is 39.4 Å². The summed E-state index contributed by atoms with van der Waals surface area (Å²) in [6, 6.07) is 11.1. The molecule has 7 nitrogen and oxygen atoms in total. The van der Waals surface area contributed by atoms with Crippen molar-refractivity contribution < 1.29 is 18.8 Å². The number of ether oxygens (including phenoxy) is 1. The monoisotopic (exact) mass is 415 g/mol. The number of nitro groups is 1. The van der Waals surface area contributed by atoms with Gasteiger partial charge in [0.25, 0.3) is 11.6 Å². The van der Waals surface area contributed by atoms with Gasteiger partial charge < -0.3 is 9.64 Å². The zero-order valence-corrected chi connectivity index (χ0v) is 17.4. The summed E-state index contributed by atoms with van der Waals surface area (Å²) in [5, 5.41) is 10.9. The standard InChI is InChI=1S/C22H26FN3O4/c1-15-10-20(8-9-21(15)26(28)29)30-14-22(27)25-12-16(2)24(11-17(25)3)13-18-4-6-19(23)7-5-18/h4-10,16-17H,11-14H2,1-3H3/t16-,17+/m1/s1. The van der Waals surface area contributed by atoms with Crippen molar-refractivity contribution in [3.05, 3.63) is 69.5 Å². The van der Waals surface area contributed by atoms with Crippen molar-refractivity contribution in [1.82, 2.24) is 9.80 Å². The number of rotatable bonds is 6. The molecule has 1 heterocycles. The first kappa shape index (κ1) is 21.7. The molecule has 0 N–H and O–H groups in total. The van der Waals surface area contributed by atoms with Gasteiger partial charge >= 0.3 is 0 Å². The van der Waals surface area contributed by atoms with Crippen LogP contribution in [0.25, 0.3) is 0 Å². The van der Waals surface area contributed by atoms with Crippen molar-refractivity contribution >= 4 is 11.6 Å². The zero-order chi connectivity index (χ0) is 21.8. The summed E-state index contributed by atoms with van der Waals surface area (Å²) in [6.45, 7) is 7.56. The molecule has 1 aliphatic heterocycles. The van der Waals surface area contributed by atoms with Crippen LogP contribution < -0.4 is 4.74 Å². The summed E-state index contributed by atoms with van der Waals surface area (Å²) in [5.41, 5.74) is 1.54. The van der Waals surface area contributed by atoms with Gasteiger partial charge in [-0.3, -0.25) is 19.8 Å². The molecule has 2 aromatic rings. The number of halogens is 1. The normalized spacial score (nSPS) is 19.5. The molecule has 0 spiro atoms. The minimum Gasteiger partial charge on any atom is -0.484 e. The second-order valence-corrected chi connectivity index (χ2v) is 7.79. The number of carbonyl (C=O) groups is 1. The number of hydrogen-bond donors (Lipinski definition) is 0. The van der Waals surface area contributed by atoms with Crippen molar-refractivity contribution in [3.63, 3.8) is 0 Å². The third-order valence-corrected chi connectivity index (χ3v) is 5.46. The van der Waals surface area contributed by atoms with E-state index in [-0.39, 0.29) is 36.1 Å². The molecule has 0 aromatic heterocycles. The third-order valence-electron chi connectivity index (χ3n) is 5.46. The van der Waals surface area contributed by atoms with Gasteiger partial charge in [-0.15, -0.1) is 0 Å². The van der Waals surface area contributed by atoms with Gasteiger partial charge in [-0.1, -0.05) is 12.1 Å². The lowest BCUT2D eigenvalue weighted by molar-refractivity contribution is -0.385. The van der Waals surface area contributed by atoms with Crippen LogP contribution in [0.1, 0.15) is 25.0 Å². The van der Waals surface area contributed by atoms with Gasteiger partial charge in [0.05, 0.1) is 4.92 Å². The Hall–Kier alpha value is -3.00. The molecule has 1 aliphatic rings. The Kier molecular flexibility index (Phi) is 6.66. The molecule has 1 saturated heterocycles. The smallest absolute Gasteiger partial charge is 0.272 e. The topological polar surface area (TPSA) is 75.9 Å². The molecule has 0 radical (unpaired) electrons. The molecule has 0 saturated carbocycles. The van der Waals surface area contributed by atoms with Gasteiger partial charge in [-0.25, -0.2) is 4.39 Å². The van der Waals surface area contributed by atoms with Crippen LogP contribution in [0.4, 0.5) is 10.1 Å². The Morgan fingerprint density at radius 3 is 2.50 bits per heavy atom. The highest BCUT2D eigenvalue weighted by molar-refractivity contribution is 5.78. The summed E-state index contributed by atoms with van der Waals surface area (Å²) in [7, 11) is 0. The number of piperazine rings is 1. The van der Waals surface area contributed by atoms with E-state index in [0.717, 1.165) is 5.56 Å². The van der Waals surface area contributed by atoms with Crippen molar-refractivity contribution in [1.29, 1.82) is 0 Å². The molecule has 2 atom stereocenters. The molecule has 30 heavy (non-hydrogen) atoms. The average Bonchev–Trinajstić information content (AvgIpc) is 2.70. The summed E-state index contributed by atoms with van der Waals surface area (Å²) in [4.78, 5) is 27.3. The van der Waals surface area contributed by atoms with Crippen LogP contribution in [0.3, 0.4) is 0 Å². The maximum absolute atomic E-state index is 13.1. The van der Waals surface area contributed by atoms with Crippen LogP contribution in [0.15, 0.2) is 42.5 Å². The lowest BCUT2D eigenvalue weighted by Crippen LogP contribution is -2.58. The molecule has 1 fully saturated rings. The van der Waals surface area contributed by atoms with Crippen LogP contribution in [-0.2, 0) is 11.3 Å². The van der Waals surface area contributed by atoms with Gasteiger partial charge in [0, 0.05) is 43.3 Å². The van der Waals surface area contributed by atoms with E-state index < -0.39 is 4.92 Å². The Bertz CT molecular complexity index is 919. The van der Waals surface area contributed by atoms with E-state index in [4.69, 9.17) is 4.74 Å². The highest BCUT2D eigenvalue weighted by Gasteiger charge is 2.32. The van der Waals surface area contributed by atoms with E-state index in [2.05, 4.69) is 11.8 Å². The fourth-order valence-corrected chi connectivity index (χ4v) is 3.74. The molecule has 3 rings (SSSR count). The lowest BCUT2D eigenvalue weighted by atomic mass is 10.1. The molecular weight excluding hydrogens is 389 g/mol. The fourth-order valence-electron chi connectivity index (χ4n) is 3.74. The maximum Gasteiger partial charge on any atom is 0.272 e. The predicted octanol–water partition coefficient (Wildman–Crippen LogP) is 3.54. The third kappa shape index (κ3) is 5.13. The van der Waals surface area contributed by atoms with E-state index in [1.807, 2.05) is 11.8 Å². The summed E-state index contributed by atoms with van der Waals surface area (Å²) >= 11 is 0. The number of benzene rings is 2. The van der Waals surface area contributed by atoms with E-state index in [9.17, 15) is 19.3 Å². The van der Waals surface area contributed by atoms with Gasteiger partial charge in [-0.05, 0) is 50.6 Å². The van der Waals surface area contributed by atoms with Crippen molar-refractivity contribution in [2.24, 2.45) is 0 Å². The molecule has 2 aromatic carbocycles. The second-order valence-electron chi connectivity index (χ2n) is 7.79. The first-order valence-electron chi connectivity index (χ1n) is 9.90. The lowest BCUT2D eigenvalue weighted by Gasteiger charge is -2.44. The first-order valence-corrected chi connectivity index (χ1v) is 9.90. The summed E-state index contributed by atoms with van der Waals surface area (Å²) in [5.74, 6) is 0.0627. The Morgan fingerprint density at radius 2 is 1.87 bits per heavy atom. The van der Waals surface area contributed by atoms with E-state index >= 15 is 0 Å². The van der Waals surface area contributed by atoms with Crippen LogP contribution in [0.5, 0.6) is 5.75 Å². The predicted molar refractivity (Wildman–Crippen MR) is 111 cm³/mol. The number of hydrogen-bond acceptors (Lipinski definition) is 5. The summed E-state index contributed by atoms with van der Waals surface area (Å²) in [6.07, 6.45) is 0. The van der Waals surface area contributed by atoms with Gasteiger partial charge in [0.1, 0.15) is 11.6 Å². The fraction of sp³-hybridized carbons (Fsp3) is 0.409. The molecule has 0 unspecified atom stereocenters. The average molecular weight is 415 g/mol. The quantitative estimate of drug-likeness (QED) is 0.533. The largest absolute Gasteiger partial charge is 0.484 e. The van der Waals surface area contributed by atoms with Gasteiger partial charge in [0.2, 0.25) is 0 Å². The Labute approximate surface area is 175 Å². The number of aryl methyl sites for hydroxylation is 1. The minimum atomic E-state index is -0.446. The minimum absolute atomic E-state index is 0.0105. The highest BCUT2D eigenvalue weighted by Crippen LogP contribution is 2.23. The molecule has 160 valence electrons. The highest BCUT2D eigenvalue weighted by atomic mass is 19.1. The Morgan fingerprint density at radius 1 is 1.17 bits per heavy atom. The van der Waals surface area contributed by atoms with E-state index in [1.165, 1.54) is 24.3 Å². The zero-order valence-electron chi connectivity index (χ0n) is 17.4. The van der Waals surface area contributed by atoms with Crippen LogP contribution in [0.2, 0.25) is 0 Å². The molecule has 0 aliphatic carbocycles. The van der Waals surface area contributed by atoms with E-state index in [1.54, 1.807) is 25.1 Å². The number of amides is 1. The van der Waals surface area contributed by atoms with E-state index in [0.29, 0.717) is 30.9 Å². The number of nitro benzene ring substituents is 1. The first-order chi connectivity index (χ1) is 14.2.